The van der Waals surface area contributed by atoms with E-state index >= 15 is 0 Å². The lowest BCUT2D eigenvalue weighted by Gasteiger charge is -2.48. The summed E-state index contributed by atoms with van der Waals surface area (Å²) in [6.45, 7) is 23.7. The SMILES string of the molecule is C=CCOC(=O)CC[C@H]1O[C@@H]([C@@H](C)CC(=O)C[C@H](C)[C@H](C)/C=C/I)[C@@H](O[Si](C)(C)C(C)(C)C)C[C@H]1C. The van der Waals surface area contributed by atoms with Crippen LogP contribution >= 0.6 is 22.6 Å². The van der Waals surface area contributed by atoms with Gasteiger partial charge in [0.25, 0.3) is 0 Å². The first-order valence-corrected chi connectivity index (χ1v) is 17.7. The van der Waals surface area contributed by atoms with Gasteiger partial charge in [-0.25, -0.2) is 0 Å². The van der Waals surface area contributed by atoms with Crippen LogP contribution in [0.1, 0.15) is 80.6 Å². The van der Waals surface area contributed by atoms with Crippen molar-refractivity contribution in [2.75, 3.05) is 6.61 Å². The van der Waals surface area contributed by atoms with Gasteiger partial charge in [-0.2, -0.15) is 0 Å². The molecule has 36 heavy (non-hydrogen) atoms. The summed E-state index contributed by atoms with van der Waals surface area (Å²) in [5, 5.41) is 0.0867. The van der Waals surface area contributed by atoms with Crippen LogP contribution in [-0.4, -0.2) is 45.0 Å². The topological polar surface area (TPSA) is 61.8 Å². The van der Waals surface area contributed by atoms with E-state index in [-0.39, 0.29) is 53.5 Å². The zero-order valence-electron chi connectivity index (χ0n) is 24.1. The fraction of sp³-hybridized carbons (Fsp3) is 0.793. The van der Waals surface area contributed by atoms with E-state index in [2.05, 4.69) is 96.8 Å². The summed E-state index contributed by atoms with van der Waals surface area (Å²) in [6.07, 6.45) is 6.30. The van der Waals surface area contributed by atoms with Gasteiger partial charge in [-0.05, 0) is 58.7 Å². The molecule has 0 N–H and O–H groups in total. The summed E-state index contributed by atoms with van der Waals surface area (Å²) in [4.78, 5) is 25.1. The van der Waals surface area contributed by atoms with Crippen molar-refractivity contribution in [3.63, 3.8) is 0 Å². The predicted molar refractivity (Wildman–Crippen MR) is 160 cm³/mol. The summed E-state index contributed by atoms with van der Waals surface area (Å²) < 4.78 is 20.8. The van der Waals surface area contributed by atoms with Crippen LogP contribution < -0.4 is 0 Å². The van der Waals surface area contributed by atoms with Crippen molar-refractivity contribution in [3.05, 3.63) is 22.8 Å². The molecule has 0 spiro atoms. The Morgan fingerprint density at radius 1 is 1.19 bits per heavy atom. The van der Waals surface area contributed by atoms with E-state index in [9.17, 15) is 9.59 Å². The maximum absolute atomic E-state index is 13.0. The molecule has 1 rings (SSSR count). The fourth-order valence-electron chi connectivity index (χ4n) is 4.49. The highest BCUT2D eigenvalue weighted by Crippen LogP contribution is 2.42. The van der Waals surface area contributed by atoms with Gasteiger partial charge in [-0.15, -0.1) is 0 Å². The highest BCUT2D eigenvalue weighted by molar-refractivity contribution is 14.1. The number of hydrogen-bond donors (Lipinski definition) is 0. The molecule has 0 aromatic carbocycles. The molecular weight excluding hydrogens is 583 g/mol. The van der Waals surface area contributed by atoms with Crippen LogP contribution in [0, 0.1) is 23.7 Å². The lowest BCUT2D eigenvalue weighted by molar-refractivity contribution is -0.163. The number of hydrogen-bond acceptors (Lipinski definition) is 5. The first kappa shape index (κ1) is 33.5. The van der Waals surface area contributed by atoms with E-state index in [1.54, 1.807) is 6.08 Å². The highest BCUT2D eigenvalue weighted by Gasteiger charge is 2.45. The van der Waals surface area contributed by atoms with Crippen molar-refractivity contribution in [1.82, 2.24) is 0 Å². The molecule has 1 heterocycles. The Morgan fingerprint density at radius 3 is 2.39 bits per heavy atom. The Hall–Kier alpha value is -0.513. The Morgan fingerprint density at radius 2 is 1.83 bits per heavy atom. The number of allylic oxidation sites excluding steroid dienone is 1. The van der Waals surface area contributed by atoms with E-state index in [4.69, 9.17) is 13.9 Å². The van der Waals surface area contributed by atoms with Crippen LogP contribution in [-0.2, 0) is 23.5 Å². The van der Waals surface area contributed by atoms with Gasteiger partial charge in [0, 0.05) is 19.3 Å². The Balaban J connectivity index is 2.99. The summed E-state index contributed by atoms with van der Waals surface area (Å²) >= 11 is 2.23. The number of Topliss-reactive ketones (excluding diaryl/α,β-unsaturated/α-hetero) is 1. The molecule has 1 aliphatic rings. The maximum Gasteiger partial charge on any atom is 0.306 e. The van der Waals surface area contributed by atoms with Gasteiger partial charge in [0.2, 0.25) is 0 Å². The van der Waals surface area contributed by atoms with Crippen LogP contribution in [0.3, 0.4) is 0 Å². The molecule has 0 saturated carbocycles. The molecular formula is C29H51IO5Si. The monoisotopic (exact) mass is 634 g/mol. The third-order valence-electron chi connectivity index (χ3n) is 8.12. The number of halogens is 1. The largest absolute Gasteiger partial charge is 0.461 e. The third-order valence-corrected chi connectivity index (χ3v) is 13.0. The van der Waals surface area contributed by atoms with E-state index in [1.165, 1.54) is 0 Å². The van der Waals surface area contributed by atoms with Crippen molar-refractivity contribution in [3.8, 4) is 0 Å². The molecule has 1 aliphatic heterocycles. The second-order valence-electron chi connectivity index (χ2n) is 12.4. The Bertz CT molecular complexity index is 744. The molecule has 0 bridgehead atoms. The van der Waals surface area contributed by atoms with Crippen molar-refractivity contribution in [2.45, 2.75) is 117 Å². The first-order valence-electron chi connectivity index (χ1n) is 13.5. The number of esters is 1. The molecule has 0 radical (unpaired) electrons. The van der Waals surface area contributed by atoms with Crippen molar-refractivity contribution in [1.29, 1.82) is 0 Å². The molecule has 0 amide bonds. The molecule has 5 nitrogen and oxygen atoms in total. The number of ketones is 1. The van der Waals surface area contributed by atoms with Crippen LogP contribution in [0.5, 0.6) is 0 Å². The van der Waals surface area contributed by atoms with Crippen molar-refractivity contribution in [2.24, 2.45) is 23.7 Å². The zero-order chi connectivity index (χ0) is 27.7. The minimum Gasteiger partial charge on any atom is -0.461 e. The molecule has 7 heteroatoms. The molecule has 1 saturated heterocycles. The smallest absolute Gasteiger partial charge is 0.306 e. The lowest BCUT2D eigenvalue weighted by Crippen LogP contribution is -2.54. The van der Waals surface area contributed by atoms with Crippen LogP contribution in [0.15, 0.2) is 22.8 Å². The number of ether oxygens (including phenoxy) is 2. The molecule has 0 unspecified atom stereocenters. The average Bonchev–Trinajstić information content (AvgIpc) is 2.75. The van der Waals surface area contributed by atoms with Gasteiger partial charge >= 0.3 is 5.97 Å². The van der Waals surface area contributed by atoms with Gasteiger partial charge in [0.15, 0.2) is 8.32 Å². The van der Waals surface area contributed by atoms with Gasteiger partial charge in [-0.3, -0.25) is 9.59 Å². The summed E-state index contributed by atoms with van der Waals surface area (Å²) in [5.74, 6) is 1.02. The van der Waals surface area contributed by atoms with Crippen LogP contribution in [0.4, 0.5) is 0 Å². The Labute approximate surface area is 235 Å². The summed E-state index contributed by atoms with van der Waals surface area (Å²) in [6, 6.07) is 0. The van der Waals surface area contributed by atoms with Crippen molar-refractivity contribution >= 4 is 42.7 Å². The average molecular weight is 635 g/mol. The molecule has 0 aromatic heterocycles. The quantitative estimate of drug-likeness (QED) is 0.0842. The summed E-state index contributed by atoms with van der Waals surface area (Å²) in [7, 11) is -2.03. The second-order valence-corrected chi connectivity index (χ2v) is 17.8. The number of carbonyl (C=O) groups excluding carboxylic acids is 2. The molecule has 0 aromatic rings. The standard InChI is InChI=1S/C29H51IO5Si/c1-11-16-33-27(32)13-12-25-22(4)19-26(35-36(9,10)29(6,7)8)28(34-25)23(5)18-24(31)17-21(3)20(2)14-15-30/h11,14-15,20-23,25-26,28H,1,12-13,16-19H2,2-10H3/b15-14+/t20-,21+,22-,23+,25-,26+,28+/m1/s1. The normalized spacial score (nSPS) is 25.8. The van der Waals surface area contributed by atoms with E-state index < -0.39 is 8.32 Å². The fourth-order valence-corrected chi connectivity index (χ4v) is 6.49. The van der Waals surface area contributed by atoms with Crippen LogP contribution in [0.25, 0.3) is 0 Å². The van der Waals surface area contributed by atoms with E-state index in [0.717, 1.165) is 6.42 Å². The van der Waals surface area contributed by atoms with E-state index in [0.29, 0.717) is 37.5 Å². The number of carbonyl (C=O) groups is 2. The predicted octanol–water partition coefficient (Wildman–Crippen LogP) is 7.89. The first-order chi connectivity index (χ1) is 16.6. The highest BCUT2D eigenvalue weighted by atomic mass is 127. The van der Waals surface area contributed by atoms with Gasteiger partial charge < -0.3 is 13.9 Å². The second kappa shape index (κ2) is 15.2. The minimum absolute atomic E-state index is 0.0395. The van der Waals surface area contributed by atoms with Gasteiger partial charge in [0.05, 0.1) is 18.3 Å². The maximum atomic E-state index is 13.0. The van der Waals surface area contributed by atoms with Gasteiger partial charge in [0.1, 0.15) is 12.4 Å². The lowest BCUT2D eigenvalue weighted by atomic mass is 9.82. The van der Waals surface area contributed by atoms with Gasteiger partial charge in [-0.1, -0.05) is 89.8 Å². The van der Waals surface area contributed by atoms with Crippen LogP contribution in [0.2, 0.25) is 18.1 Å². The third kappa shape index (κ3) is 10.7. The number of rotatable bonds is 14. The summed E-state index contributed by atoms with van der Waals surface area (Å²) in [5.41, 5.74) is 0. The van der Waals surface area contributed by atoms with E-state index in [1.807, 2.05) is 4.08 Å². The zero-order valence-corrected chi connectivity index (χ0v) is 27.3. The van der Waals surface area contributed by atoms with Crippen molar-refractivity contribution < 1.29 is 23.5 Å². The minimum atomic E-state index is -2.03. The molecule has 7 atom stereocenters. The molecule has 208 valence electrons. The molecule has 1 fully saturated rings. The Kier molecular flexibility index (Phi) is 14.1. The molecule has 0 aliphatic carbocycles.